The van der Waals surface area contributed by atoms with Crippen molar-refractivity contribution in [3.8, 4) is 0 Å². The molecule has 13 heavy (non-hydrogen) atoms. The van der Waals surface area contributed by atoms with Crippen molar-refractivity contribution in [3.63, 3.8) is 0 Å². The van der Waals surface area contributed by atoms with E-state index in [0.29, 0.717) is 0 Å². The number of ether oxygens (including phenoxy) is 2. The fourth-order valence-corrected chi connectivity index (χ4v) is 1.93. The van der Waals surface area contributed by atoms with Crippen molar-refractivity contribution in [2.24, 2.45) is 0 Å². The number of carbonyl (C=O) groups excluding carboxylic acids is 1. The number of carbonyl (C=O) groups is 1. The maximum absolute atomic E-state index is 10.7. The highest BCUT2D eigenvalue weighted by Gasteiger charge is 2.32. The predicted molar refractivity (Wildman–Crippen MR) is 41.6 cm³/mol. The summed E-state index contributed by atoms with van der Waals surface area (Å²) < 4.78 is 34.9. The van der Waals surface area contributed by atoms with Crippen molar-refractivity contribution in [2.45, 2.75) is 13.0 Å². The highest BCUT2D eigenvalue weighted by molar-refractivity contribution is 7.87. The van der Waals surface area contributed by atoms with Crippen LogP contribution in [0.3, 0.4) is 0 Å². The lowest BCUT2D eigenvalue weighted by molar-refractivity contribution is 0.0266. The summed E-state index contributed by atoms with van der Waals surface area (Å²) in [6, 6.07) is 0. The van der Waals surface area contributed by atoms with Gasteiger partial charge >= 0.3 is 6.16 Å². The van der Waals surface area contributed by atoms with Crippen LogP contribution >= 0.6 is 0 Å². The van der Waals surface area contributed by atoms with Gasteiger partial charge in [-0.05, 0) is 6.92 Å². The summed E-state index contributed by atoms with van der Waals surface area (Å²) in [7, 11) is -3.49. The molecule has 0 bridgehead atoms. The Kier molecular flexibility index (Phi) is 3.10. The lowest BCUT2D eigenvalue weighted by Crippen LogP contribution is -2.22. The van der Waals surface area contributed by atoms with Gasteiger partial charge in [0, 0.05) is 0 Å². The quantitative estimate of drug-likeness (QED) is 0.467. The molecular weight excluding hydrogens is 200 g/mol. The molecule has 1 aliphatic heterocycles. The van der Waals surface area contributed by atoms with Crippen LogP contribution in [0.15, 0.2) is 0 Å². The first-order chi connectivity index (χ1) is 6.03. The van der Waals surface area contributed by atoms with E-state index < -0.39 is 22.4 Å². The maximum atomic E-state index is 10.7. The van der Waals surface area contributed by atoms with Crippen molar-refractivity contribution in [2.75, 3.05) is 19.0 Å². The van der Waals surface area contributed by atoms with E-state index in [1.165, 1.54) is 0 Å². The lowest BCUT2D eigenvalue weighted by Gasteiger charge is -2.07. The highest BCUT2D eigenvalue weighted by Crippen LogP contribution is 2.11. The van der Waals surface area contributed by atoms with E-state index >= 15 is 0 Å². The molecule has 0 aromatic carbocycles. The van der Waals surface area contributed by atoms with Crippen LogP contribution in [-0.4, -0.2) is 39.6 Å². The Balaban J connectivity index is 2.36. The van der Waals surface area contributed by atoms with Gasteiger partial charge in [-0.2, -0.15) is 8.42 Å². The molecule has 1 aliphatic rings. The smallest absolute Gasteiger partial charge is 0.435 e. The second-order valence-corrected chi connectivity index (χ2v) is 4.12. The van der Waals surface area contributed by atoms with Crippen molar-refractivity contribution >= 4 is 16.3 Å². The largest absolute Gasteiger partial charge is 0.508 e. The van der Waals surface area contributed by atoms with Crippen LogP contribution in [-0.2, 0) is 23.8 Å². The molecule has 7 heteroatoms. The molecule has 1 unspecified atom stereocenters. The van der Waals surface area contributed by atoms with E-state index in [1.54, 1.807) is 6.92 Å². The van der Waals surface area contributed by atoms with Crippen molar-refractivity contribution < 1.29 is 26.9 Å². The van der Waals surface area contributed by atoms with Crippen LogP contribution < -0.4 is 0 Å². The van der Waals surface area contributed by atoms with E-state index in [4.69, 9.17) is 0 Å². The Labute approximate surface area is 75.9 Å². The first-order valence-corrected chi connectivity index (χ1v) is 5.32. The maximum Gasteiger partial charge on any atom is 0.508 e. The Morgan fingerprint density at radius 1 is 1.62 bits per heavy atom. The van der Waals surface area contributed by atoms with Gasteiger partial charge in [0.05, 0.1) is 6.61 Å². The van der Waals surface area contributed by atoms with Crippen LogP contribution in [0.1, 0.15) is 6.92 Å². The third kappa shape index (κ3) is 3.19. The zero-order valence-electron chi connectivity index (χ0n) is 7.06. The van der Waals surface area contributed by atoms with Gasteiger partial charge in [-0.25, -0.2) is 4.79 Å². The van der Waals surface area contributed by atoms with Crippen molar-refractivity contribution in [1.29, 1.82) is 0 Å². The van der Waals surface area contributed by atoms with Gasteiger partial charge in [0.25, 0.3) is 10.1 Å². The van der Waals surface area contributed by atoms with Crippen molar-refractivity contribution in [3.05, 3.63) is 0 Å². The molecule has 76 valence electrons. The first-order valence-electron chi connectivity index (χ1n) is 3.74. The van der Waals surface area contributed by atoms with Gasteiger partial charge < -0.3 is 9.47 Å². The van der Waals surface area contributed by atoms with E-state index in [2.05, 4.69) is 13.7 Å². The molecule has 0 aromatic heterocycles. The number of rotatable bonds is 2. The van der Waals surface area contributed by atoms with Gasteiger partial charge in [0.1, 0.15) is 18.5 Å². The molecule has 1 saturated heterocycles. The monoisotopic (exact) mass is 210 g/mol. The molecule has 6 nitrogen and oxygen atoms in total. The second-order valence-electron chi connectivity index (χ2n) is 2.43. The summed E-state index contributed by atoms with van der Waals surface area (Å²) in [6.07, 6.45) is -1.61. The first kappa shape index (κ1) is 10.3. The van der Waals surface area contributed by atoms with Gasteiger partial charge in [-0.1, -0.05) is 0 Å². The molecule has 0 amide bonds. The van der Waals surface area contributed by atoms with Crippen LogP contribution in [0.5, 0.6) is 0 Å². The van der Waals surface area contributed by atoms with Crippen molar-refractivity contribution in [1.82, 2.24) is 0 Å². The van der Waals surface area contributed by atoms with Crippen LogP contribution in [0.25, 0.3) is 0 Å². The molecule has 1 heterocycles. The molecule has 1 atom stereocenters. The summed E-state index contributed by atoms with van der Waals surface area (Å²) in [6.45, 7) is 1.70. The Morgan fingerprint density at radius 3 is 2.77 bits per heavy atom. The summed E-state index contributed by atoms with van der Waals surface area (Å²) in [4.78, 5) is 10.7. The molecule has 0 aromatic rings. The lowest BCUT2D eigenvalue weighted by atomic mass is 10.4. The van der Waals surface area contributed by atoms with Gasteiger partial charge in [0.2, 0.25) is 0 Å². The van der Waals surface area contributed by atoms with Gasteiger partial charge in [0.15, 0.2) is 0 Å². The topological polar surface area (TPSA) is 78.9 Å². The standard InChI is InChI=1S/C6H10O6S/c1-2-10-6(7)12-5-3-11-13(8,9)4-5/h5H,2-4H2,1H3. The molecule has 1 rings (SSSR count). The molecule has 0 radical (unpaired) electrons. The molecule has 0 saturated carbocycles. The zero-order valence-corrected chi connectivity index (χ0v) is 7.87. The highest BCUT2D eigenvalue weighted by atomic mass is 32.2. The van der Waals surface area contributed by atoms with E-state index in [-0.39, 0.29) is 19.0 Å². The Morgan fingerprint density at radius 2 is 2.31 bits per heavy atom. The zero-order chi connectivity index (χ0) is 9.90. The van der Waals surface area contributed by atoms with E-state index in [9.17, 15) is 13.2 Å². The Hall–Kier alpha value is -0.820. The fourth-order valence-electron chi connectivity index (χ4n) is 0.859. The minimum Gasteiger partial charge on any atom is -0.435 e. The van der Waals surface area contributed by atoms with E-state index in [1.807, 2.05) is 0 Å². The average molecular weight is 210 g/mol. The van der Waals surface area contributed by atoms with E-state index in [0.717, 1.165) is 0 Å². The van der Waals surface area contributed by atoms with Crippen LogP contribution in [0.2, 0.25) is 0 Å². The minimum absolute atomic E-state index is 0.124. The predicted octanol–water partition coefficient (Wildman–Crippen LogP) is -0.112. The van der Waals surface area contributed by atoms with Crippen LogP contribution in [0.4, 0.5) is 4.79 Å². The summed E-state index contributed by atoms with van der Waals surface area (Å²) >= 11 is 0. The molecule has 0 aliphatic carbocycles. The minimum atomic E-state index is -3.49. The second kappa shape index (κ2) is 3.93. The number of hydrogen-bond donors (Lipinski definition) is 0. The molecule has 0 N–H and O–H groups in total. The van der Waals surface area contributed by atoms with Gasteiger partial charge in [-0.3, -0.25) is 4.18 Å². The Bertz CT molecular complexity index is 281. The van der Waals surface area contributed by atoms with Crippen LogP contribution in [0, 0.1) is 0 Å². The molecular formula is C6H10O6S. The third-order valence-corrected chi connectivity index (χ3v) is 2.62. The average Bonchev–Trinajstić information content (AvgIpc) is 2.30. The number of hydrogen-bond acceptors (Lipinski definition) is 6. The summed E-state index contributed by atoms with van der Waals surface area (Å²) in [5.41, 5.74) is 0. The summed E-state index contributed by atoms with van der Waals surface area (Å²) in [5.74, 6) is -0.300. The SMILES string of the molecule is CCOC(=O)OC1COS(=O)(=O)C1. The van der Waals surface area contributed by atoms with Gasteiger partial charge in [-0.15, -0.1) is 0 Å². The molecule has 1 fully saturated rings. The fraction of sp³-hybridized carbons (Fsp3) is 0.833. The third-order valence-electron chi connectivity index (χ3n) is 1.35. The normalized spacial score (nSPS) is 25.5. The molecule has 0 spiro atoms. The summed E-state index contributed by atoms with van der Waals surface area (Å²) in [5, 5.41) is 0.